The zero-order valence-electron chi connectivity index (χ0n) is 17.0. The van der Waals surface area contributed by atoms with E-state index in [0.29, 0.717) is 0 Å². The first kappa shape index (κ1) is 22.5. The predicted molar refractivity (Wildman–Crippen MR) is 105 cm³/mol. The van der Waals surface area contributed by atoms with Crippen molar-refractivity contribution in [3.05, 3.63) is 41.0 Å². The van der Waals surface area contributed by atoms with E-state index in [1.165, 1.54) is 19.2 Å². The Balaban J connectivity index is 1.61. The molecule has 2 aromatic carbocycles. The number of esters is 2. The van der Waals surface area contributed by atoms with E-state index in [2.05, 4.69) is 0 Å². The zero-order valence-corrected chi connectivity index (χ0v) is 17.0. The number of hydrogen-bond donors (Lipinski definition) is 6. The number of hydrogen-bond acceptors (Lipinski definition) is 12. The van der Waals surface area contributed by atoms with Crippen molar-refractivity contribution in [3.8, 4) is 28.7 Å². The third kappa shape index (κ3) is 3.63. The Hall–Kier alpha value is -3.74. The molecular weight excluding hydrogens is 444 g/mol. The molecule has 0 unspecified atom stereocenters. The van der Waals surface area contributed by atoms with E-state index in [9.17, 15) is 40.2 Å². The summed E-state index contributed by atoms with van der Waals surface area (Å²) in [5.41, 5.74) is -0.719. The normalized spacial score (nSPS) is 26.0. The topological polar surface area (TPSA) is 192 Å². The molecule has 0 radical (unpaired) electrons. The lowest BCUT2D eigenvalue weighted by atomic mass is 9.86. The molecule has 6 N–H and O–H groups in total. The van der Waals surface area contributed by atoms with Crippen LogP contribution in [0.2, 0.25) is 0 Å². The molecule has 2 aliphatic heterocycles. The van der Waals surface area contributed by atoms with Gasteiger partial charge in [-0.15, -0.1) is 0 Å². The quantitative estimate of drug-likeness (QED) is 0.264. The van der Waals surface area contributed by atoms with Gasteiger partial charge in [0.25, 0.3) is 0 Å². The Labute approximate surface area is 185 Å². The van der Waals surface area contributed by atoms with Gasteiger partial charge in [0.2, 0.25) is 5.75 Å². The van der Waals surface area contributed by atoms with Gasteiger partial charge in [0.15, 0.2) is 29.1 Å². The number of methoxy groups -OCH3 is 1. The Bertz CT molecular complexity index is 1110. The first-order valence-corrected chi connectivity index (χ1v) is 9.69. The molecule has 33 heavy (non-hydrogen) atoms. The fourth-order valence-corrected chi connectivity index (χ4v) is 3.87. The van der Waals surface area contributed by atoms with Crippen LogP contribution in [-0.4, -0.2) is 80.7 Å². The van der Waals surface area contributed by atoms with Crippen molar-refractivity contribution in [3.63, 3.8) is 0 Å². The largest absolute Gasteiger partial charge is 0.504 e. The minimum atomic E-state index is -1.68. The number of ether oxygens (including phenoxy) is 4. The van der Waals surface area contributed by atoms with E-state index in [1.54, 1.807) is 0 Å². The van der Waals surface area contributed by atoms with E-state index >= 15 is 0 Å². The number of carbonyl (C=O) groups is 2. The van der Waals surface area contributed by atoms with E-state index in [1.807, 2.05) is 0 Å². The van der Waals surface area contributed by atoms with Crippen molar-refractivity contribution < 1.29 is 59.2 Å². The van der Waals surface area contributed by atoms with Gasteiger partial charge < -0.3 is 49.6 Å². The first-order chi connectivity index (χ1) is 15.6. The van der Waals surface area contributed by atoms with Gasteiger partial charge in [-0.05, 0) is 18.2 Å². The molecule has 0 aromatic heterocycles. The number of fused-ring (bicyclic) bond motifs is 3. The van der Waals surface area contributed by atoms with Gasteiger partial charge >= 0.3 is 11.9 Å². The van der Waals surface area contributed by atoms with Crippen LogP contribution in [0.15, 0.2) is 24.3 Å². The number of benzene rings is 2. The summed E-state index contributed by atoms with van der Waals surface area (Å²) >= 11 is 0. The van der Waals surface area contributed by atoms with Crippen LogP contribution in [0.5, 0.6) is 28.7 Å². The summed E-state index contributed by atoms with van der Waals surface area (Å²) < 4.78 is 20.9. The summed E-state index contributed by atoms with van der Waals surface area (Å²) in [4.78, 5) is 24.7. The van der Waals surface area contributed by atoms with Crippen molar-refractivity contribution >= 4 is 11.9 Å². The molecular formula is C21H20O12. The van der Waals surface area contributed by atoms with E-state index < -0.39 is 72.1 Å². The van der Waals surface area contributed by atoms with E-state index in [-0.39, 0.29) is 22.4 Å². The molecule has 0 aliphatic carbocycles. The minimum absolute atomic E-state index is 0.140. The molecule has 0 amide bonds. The molecule has 12 heteroatoms. The molecule has 1 fully saturated rings. The highest BCUT2D eigenvalue weighted by Crippen LogP contribution is 2.49. The van der Waals surface area contributed by atoms with E-state index in [0.717, 1.165) is 12.1 Å². The van der Waals surface area contributed by atoms with Crippen LogP contribution < -0.4 is 4.74 Å². The number of phenolic OH excluding ortho intramolecular Hbond substituents is 4. The number of aromatic hydroxyl groups is 4. The lowest BCUT2D eigenvalue weighted by Crippen LogP contribution is -2.58. The second-order valence-corrected chi connectivity index (χ2v) is 7.46. The molecule has 12 nitrogen and oxygen atoms in total. The van der Waals surface area contributed by atoms with Gasteiger partial charge in [-0.2, -0.15) is 0 Å². The summed E-state index contributed by atoms with van der Waals surface area (Å²) in [5, 5.41) is 60.9. The summed E-state index contributed by atoms with van der Waals surface area (Å²) in [7, 11) is 1.18. The smallest absolute Gasteiger partial charge is 0.342 e. The Kier molecular flexibility index (Phi) is 5.66. The summed E-state index contributed by atoms with van der Waals surface area (Å²) in [6.45, 7) is -0.603. The van der Waals surface area contributed by atoms with Crippen molar-refractivity contribution in [2.75, 3.05) is 13.7 Å². The third-order valence-corrected chi connectivity index (χ3v) is 5.53. The van der Waals surface area contributed by atoms with Crippen LogP contribution in [0.25, 0.3) is 0 Å². The van der Waals surface area contributed by atoms with Crippen LogP contribution in [0, 0.1) is 0 Å². The molecule has 0 spiro atoms. The summed E-state index contributed by atoms with van der Waals surface area (Å²) in [5.74, 6) is -4.74. The van der Waals surface area contributed by atoms with Crippen molar-refractivity contribution in [2.45, 2.75) is 30.5 Å². The van der Waals surface area contributed by atoms with Crippen LogP contribution in [0.1, 0.15) is 32.4 Å². The monoisotopic (exact) mass is 464 g/mol. The summed E-state index contributed by atoms with van der Waals surface area (Å²) in [6, 6.07) is 4.68. The molecule has 2 aromatic rings. The van der Waals surface area contributed by atoms with Gasteiger partial charge in [-0.25, -0.2) is 9.59 Å². The van der Waals surface area contributed by atoms with Crippen LogP contribution in [0.4, 0.5) is 0 Å². The standard InChI is InChI=1S/C21H20O12/c1-30-17-10(23)5-8-12(15(17)26)18-19(33-21(8)29)16(27)14(25)11(32-18)6-31-20(28)7-3-2-4-9(22)13(7)24/h2-5,11,14,16,18-19,22-27H,6H2,1H3/t11-,14-,16+,18+,19-/m1/s1. The fourth-order valence-electron chi connectivity index (χ4n) is 3.87. The first-order valence-electron chi connectivity index (χ1n) is 9.69. The predicted octanol–water partition coefficient (Wildman–Crippen LogP) is 0.0753. The maximum absolute atomic E-state index is 12.4. The maximum atomic E-state index is 12.4. The molecule has 4 rings (SSSR count). The molecule has 176 valence electrons. The lowest BCUT2D eigenvalue weighted by molar-refractivity contribution is -0.235. The SMILES string of the molecule is COc1c(O)cc2c(c1O)[C@@H]1O[C@H](COC(=O)c3cccc(O)c3O)[C@@H](O)[C@H](O)[C@H]1OC2=O. The van der Waals surface area contributed by atoms with Crippen molar-refractivity contribution in [1.29, 1.82) is 0 Å². The Morgan fingerprint density at radius 3 is 2.48 bits per heavy atom. The second kappa shape index (κ2) is 8.31. The lowest BCUT2D eigenvalue weighted by Gasteiger charge is -2.44. The van der Waals surface area contributed by atoms with Crippen LogP contribution in [0.3, 0.4) is 0 Å². The van der Waals surface area contributed by atoms with Gasteiger partial charge in [0.1, 0.15) is 36.6 Å². The maximum Gasteiger partial charge on any atom is 0.342 e. The molecule has 1 saturated heterocycles. The highest BCUT2D eigenvalue weighted by Gasteiger charge is 2.52. The average Bonchev–Trinajstić information content (AvgIpc) is 2.78. The molecule has 2 aliphatic rings. The molecule has 0 saturated carbocycles. The Morgan fingerprint density at radius 1 is 1.06 bits per heavy atom. The fraction of sp³-hybridized carbons (Fsp3) is 0.333. The summed E-state index contributed by atoms with van der Waals surface area (Å²) in [6.07, 6.45) is -7.40. The van der Waals surface area contributed by atoms with Gasteiger partial charge in [0, 0.05) is 5.56 Å². The highest BCUT2D eigenvalue weighted by molar-refractivity contribution is 5.95. The Morgan fingerprint density at radius 2 is 1.79 bits per heavy atom. The van der Waals surface area contributed by atoms with Gasteiger partial charge in [-0.1, -0.05) is 6.07 Å². The van der Waals surface area contributed by atoms with Crippen molar-refractivity contribution in [1.82, 2.24) is 0 Å². The number of phenols is 4. The third-order valence-electron chi connectivity index (χ3n) is 5.53. The number of para-hydroxylation sites is 1. The van der Waals surface area contributed by atoms with Crippen molar-refractivity contribution in [2.24, 2.45) is 0 Å². The number of rotatable bonds is 4. The highest BCUT2D eigenvalue weighted by atomic mass is 16.6. The average molecular weight is 464 g/mol. The molecule has 5 atom stereocenters. The van der Waals surface area contributed by atoms with Gasteiger partial charge in [0.05, 0.1) is 12.7 Å². The number of carbonyl (C=O) groups excluding carboxylic acids is 2. The zero-order chi connectivity index (χ0) is 24.0. The molecule has 0 bridgehead atoms. The van der Waals surface area contributed by atoms with Gasteiger partial charge in [-0.3, -0.25) is 0 Å². The van der Waals surface area contributed by atoms with Crippen LogP contribution >= 0.6 is 0 Å². The number of aliphatic hydroxyl groups excluding tert-OH is 2. The van der Waals surface area contributed by atoms with Crippen LogP contribution in [-0.2, 0) is 14.2 Å². The second-order valence-electron chi connectivity index (χ2n) is 7.46. The molecule has 2 heterocycles. The number of aliphatic hydroxyl groups is 2. The van der Waals surface area contributed by atoms with E-state index in [4.69, 9.17) is 18.9 Å². The minimum Gasteiger partial charge on any atom is -0.504 e.